The Morgan fingerprint density at radius 3 is 2.43 bits per heavy atom. The molecule has 0 aliphatic rings. The molecule has 2 aromatic carbocycles. The summed E-state index contributed by atoms with van der Waals surface area (Å²) in [6.45, 7) is 0. The summed E-state index contributed by atoms with van der Waals surface area (Å²) >= 11 is 6.15. The lowest BCUT2D eigenvalue weighted by Gasteiger charge is -2.10. The lowest BCUT2D eigenvalue weighted by molar-refractivity contribution is 0.476. The molecule has 0 aliphatic carbocycles. The van der Waals surface area contributed by atoms with E-state index < -0.39 is 0 Å². The summed E-state index contributed by atoms with van der Waals surface area (Å²) in [5.74, 6) is 0.0562. The molecule has 0 amide bonds. The number of aromatic nitrogens is 3. The highest BCUT2D eigenvalue weighted by Gasteiger charge is 2.16. The van der Waals surface area contributed by atoms with E-state index in [0.29, 0.717) is 17.0 Å². The first-order chi connectivity index (χ1) is 10.2. The van der Waals surface area contributed by atoms with Crippen molar-refractivity contribution in [1.29, 1.82) is 0 Å². The summed E-state index contributed by atoms with van der Waals surface area (Å²) in [4.78, 5) is 4.25. The Labute approximate surface area is 126 Å². The van der Waals surface area contributed by atoms with Crippen molar-refractivity contribution in [3.8, 4) is 28.3 Å². The van der Waals surface area contributed by atoms with Crippen LogP contribution in [0.15, 0.2) is 48.5 Å². The van der Waals surface area contributed by atoms with Gasteiger partial charge in [-0.05, 0) is 6.07 Å². The van der Waals surface area contributed by atoms with E-state index in [-0.39, 0.29) is 16.7 Å². The summed E-state index contributed by atoms with van der Waals surface area (Å²) in [6, 6.07) is 14.4. The van der Waals surface area contributed by atoms with Crippen molar-refractivity contribution in [2.45, 2.75) is 0 Å². The maximum atomic E-state index is 9.75. The standard InChI is InChI=1S/C15H11ClN4O/c16-12-10(7-4-8-11(12)21)14-13(18-15(17)20-19-14)9-5-2-1-3-6-9/h1-8,21H,(H2,17,18,20). The Bertz CT molecular complexity index is 793. The highest BCUT2D eigenvalue weighted by atomic mass is 35.5. The first-order valence-electron chi connectivity index (χ1n) is 6.20. The van der Waals surface area contributed by atoms with Crippen LogP contribution < -0.4 is 5.73 Å². The zero-order valence-corrected chi connectivity index (χ0v) is 11.6. The van der Waals surface area contributed by atoms with Crippen LogP contribution in [0.2, 0.25) is 5.02 Å². The third-order valence-electron chi connectivity index (χ3n) is 2.98. The molecule has 0 atom stereocenters. The number of phenolic OH excluding ortho intramolecular Hbond substituents is 1. The van der Waals surface area contributed by atoms with Gasteiger partial charge in [-0.2, -0.15) is 0 Å². The van der Waals surface area contributed by atoms with Crippen molar-refractivity contribution >= 4 is 17.5 Å². The monoisotopic (exact) mass is 298 g/mol. The molecular formula is C15H11ClN4O. The normalized spacial score (nSPS) is 10.5. The molecule has 3 rings (SSSR count). The van der Waals surface area contributed by atoms with Crippen molar-refractivity contribution in [3.05, 3.63) is 53.6 Å². The van der Waals surface area contributed by atoms with Crippen LogP contribution in [0.5, 0.6) is 5.75 Å². The predicted molar refractivity (Wildman–Crippen MR) is 81.8 cm³/mol. The van der Waals surface area contributed by atoms with E-state index >= 15 is 0 Å². The van der Waals surface area contributed by atoms with Gasteiger partial charge >= 0.3 is 0 Å². The molecule has 0 saturated carbocycles. The lowest BCUT2D eigenvalue weighted by atomic mass is 10.0. The zero-order valence-electron chi connectivity index (χ0n) is 10.9. The number of nitrogens with two attached hydrogens (primary N) is 1. The number of phenols is 1. The molecule has 21 heavy (non-hydrogen) atoms. The Kier molecular flexibility index (Phi) is 3.41. The van der Waals surface area contributed by atoms with E-state index in [2.05, 4.69) is 15.2 Å². The first-order valence-corrected chi connectivity index (χ1v) is 6.58. The maximum absolute atomic E-state index is 9.75. The molecule has 0 radical (unpaired) electrons. The Morgan fingerprint density at radius 2 is 1.67 bits per heavy atom. The molecule has 1 aromatic heterocycles. The maximum Gasteiger partial charge on any atom is 0.240 e. The Balaban J connectivity index is 2.27. The van der Waals surface area contributed by atoms with Gasteiger partial charge in [-0.3, -0.25) is 0 Å². The molecule has 0 unspecified atom stereocenters. The molecule has 0 saturated heterocycles. The fourth-order valence-corrected chi connectivity index (χ4v) is 2.24. The number of nitrogen functional groups attached to an aromatic ring is 1. The molecule has 0 fully saturated rings. The van der Waals surface area contributed by atoms with Gasteiger partial charge in [-0.25, -0.2) is 4.98 Å². The Hall–Kier alpha value is -2.66. The molecule has 6 heteroatoms. The zero-order chi connectivity index (χ0) is 14.8. The fraction of sp³-hybridized carbons (Fsp3) is 0. The highest BCUT2D eigenvalue weighted by molar-refractivity contribution is 6.34. The summed E-state index contributed by atoms with van der Waals surface area (Å²) in [7, 11) is 0. The van der Waals surface area contributed by atoms with Crippen LogP contribution >= 0.6 is 11.6 Å². The first kappa shape index (κ1) is 13.3. The van der Waals surface area contributed by atoms with E-state index in [4.69, 9.17) is 17.3 Å². The quantitative estimate of drug-likeness (QED) is 0.759. The molecular weight excluding hydrogens is 288 g/mol. The van der Waals surface area contributed by atoms with Crippen LogP contribution in [-0.2, 0) is 0 Å². The molecule has 3 N–H and O–H groups in total. The highest BCUT2D eigenvalue weighted by Crippen LogP contribution is 2.37. The smallest absolute Gasteiger partial charge is 0.240 e. The number of anilines is 1. The fourth-order valence-electron chi connectivity index (χ4n) is 2.02. The van der Waals surface area contributed by atoms with E-state index in [0.717, 1.165) is 5.56 Å². The van der Waals surface area contributed by atoms with Crippen molar-refractivity contribution in [1.82, 2.24) is 15.2 Å². The summed E-state index contributed by atoms with van der Waals surface area (Å²) < 4.78 is 0. The number of hydrogen-bond donors (Lipinski definition) is 2. The minimum Gasteiger partial charge on any atom is -0.506 e. The number of halogens is 1. The molecule has 0 bridgehead atoms. The number of benzene rings is 2. The minimum absolute atomic E-state index is 0.0215. The van der Waals surface area contributed by atoms with Crippen LogP contribution in [-0.4, -0.2) is 20.3 Å². The molecule has 1 heterocycles. The van der Waals surface area contributed by atoms with Gasteiger partial charge in [0.05, 0.1) is 5.02 Å². The van der Waals surface area contributed by atoms with Gasteiger partial charge in [0, 0.05) is 11.1 Å². The van der Waals surface area contributed by atoms with E-state index in [1.165, 1.54) is 6.07 Å². The third-order valence-corrected chi connectivity index (χ3v) is 3.38. The van der Waals surface area contributed by atoms with E-state index in [1.807, 2.05) is 30.3 Å². The lowest BCUT2D eigenvalue weighted by Crippen LogP contribution is -2.02. The number of hydrogen-bond acceptors (Lipinski definition) is 5. The van der Waals surface area contributed by atoms with Gasteiger partial charge < -0.3 is 10.8 Å². The average Bonchev–Trinajstić information content (AvgIpc) is 2.51. The second kappa shape index (κ2) is 5.38. The van der Waals surface area contributed by atoms with Crippen LogP contribution in [0, 0.1) is 0 Å². The van der Waals surface area contributed by atoms with Gasteiger partial charge in [-0.15, -0.1) is 10.2 Å². The SMILES string of the molecule is Nc1nnc(-c2cccc(O)c2Cl)c(-c2ccccc2)n1. The van der Waals surface area contributed by atoms with Crippen molar-refractivity contribution < 1.29 is 5.11 Å². The van der Waals surface area contributed by atoms with E-state index in [1.54, 1.807) is 12.1 Å². The minimum atomic E-state index is -0.0215. The van der Waals surface area contributed by atoms with Crippen LogP contribution in [0.4, 0.5) is 5.95 Å². The van der Waals surface area contributed by atoms with Gasteiger partial charge in [0.25, 0.3) is 0 Å². The van der Waals surface area contributed by atoms with Crippen molar-refractivity contribution in [2.24, 2.45) is 0 Å². The van der Waals surface area contributed by atoms with Crippen molar-refractivity contribution in [3.63, 3.8) is 0 Å². The Morgan fingerprint density at radius 1 is 0.905 bits per heavy atom. The number of rotatable bonds is 2. The number of aromatic hydroxyl groups is 1. The van der Waals surface area contributed by atoms with Crippen LogP contribution in [0.3, 0.4) is 0 Å². The second-order valence-electron chi connectivity index (χ2n) is 4.37. The van der Waals surface area contributed by atoms with Gasteiger partial charge in [0.1, 0.15) is 17.1 Å². The van der Waals surface area contributed by atoms with Crippen LogP contribution in [0.1, 0.15) is 0 Å². The second-order valence-corrected chi connectivity index (χ2v) is 4.75. The molecule has 0 spiro atoms. The summed E-state index contributed by atoms with van der Waals surface area (Å²) in [6.07, 6.45) is 0. The molecule has 3 aromatic rings. The number of nitrogens with zero attached hydrogens (tertiary/aromatic N) is 3. The third kappa shape index (κ3) is 2.51. The van der Waals surface area contributed by atoms with Gasteiger partial charge in [-0.1, -0.05) is 54.1 Å². The summed E-state index contributed by atoms with van der Waals surface area (Å²) in [5, 5.41) is 17.8. The van der Waals surface area contributed by atoms with Gasteiger partial charge in [0.2, 0.25) is 5.95 Å². The largest absolute Gasteiger partial charge is 0.506 e. The summed E-state index contributed by atoms with van der Waals surface area (Å²) in [5.41, 5.74) is 8.07. The van der Waals surface area contributed by atoms with Crippen LogP contribution in [0.25, 0.3) is 22.5 Å². The molecule has 104 valence electrons. The predicted octanol–water partition coefficient (Wildman–Crippen LogP) is 3.15. The van der Waals surface area contributed by atoms with E-state index in [9.17, 15) is 5.11 Å². The van der Waals surface area contributed by atoms with Gasteiger partial charge in [0.15, 0.2) is 0 Å². The van der Waals surface area contributed by atoms with Crippen molar-refractivity contribution in [2.75, 3.05) is 5.73 Å². The average molecular weight is 299 g/mol. The molecule has 0 aliphatic heterocycles. The molecule has 5 nitrogen and oxygen atoms in total. The topological polar surface area (TPSA) is 84.9 Å².